The van der Waals surface area contributed by atoms with Gasteiger partial charge in [-0.15, -0.1) is 0 Å². The first-order chi connectivity index (χ1) is 25.5. The molecule has 1 aromatic carbocycles. The minimum atomic E-state index is -0.975. The highest BCUT2D eigenvalue weighted by molar-refractivity contribution is 6.09. The molecule has 4 aliphatic rings. The van der Waals surface area contributed by atoms with Crippen LogP contribution in [0.25, 0.3) is 22.3 Å². The minimum Gasteiger partial charge on any atom is -0.444 e. The summed E-state index contributed by atoms with van der Waals surface area (Å²) in [6, 6.07) is 11.0. The van der Waals surface area contributed by atoms with Gasteiger partial charge in [0.2, 0.25) is 17.8 Å². The monoisotopic (exact) mass is 740 g/mol. The van der Waals surface area contributed by atoms with E-state index in [0.717, 1.165) is 48.8 Å². The van der Waals surface area contributed by atoms with E-state index in [1.807, 2.05) is 56.2 Å². The third-order valence-electron chi connectivity index (χ3n) is 11.8. The number of likely N-dealkylation sites (tertiary alicyclic amines) is 2. The van der Waals surface area contributed by atoms with E-state index in [4.69, 9.17) is 9.72 Å². The number of imidazole rings is 1. The Bertz CT molecular complexity index is 2130. The van der Waals surface area contributed by atoms with Crippen LogP contribution >= 0.6 is 0 Å². The molecule has 1 spiro atoms. The highest BCUT2D eigenvalue weighted by Crippen LogP contribution is 2.52. The van der Waals surface area contributed by atoms with E-state index in [-0.39, 0.29) is 29.8 Å². The maximum Gasteiger partial charge on any atom is 0.410 e. The number of piperidine rings is 1. The van der Waals surface area contributed by atoms with Crippen molar-refractivity contribution in [1.29, 1.82) is 0 Å². The normalized spacial score (nSPS) is 22.3. The lowest BCUT2D eigenvalue weighted by molar-refractivity contribution is -0.126. The van der Waals surface area contributed by atoms with Crippen LogP contribution in [0.2, 0.25) is 0 Å². The van der Waals surface area contributed by atoms with Crippen LogP contribution < -0.4 is 10.2 Å². The van der Waals surface area contributed by atoms with E-state index in [1.165, 1.54) is 12.5 Å². The maximum atomic E-state index is 14.9. The summed E-state index contributed by atoms with van der Waals surface area (Å²) in [5.41, 5.74) is 3.51. The zero-order chi connectivity index (χ0) is 38.3. The van der Waals surface area contributed by atoms with Gasteiger partial charge in [0.25, 0.3) is 0 Å². The summed E-state index contributed by atoms with van der Waals surface area (Å²) in [7, 11) is 0. The predicted molar refractivity (Wildman–Crippen MR) is 204 cm³/mol. The molecule has 0 radical (unpaired) electrons. The number of benzene rings is 1. The molecule has 1 aliphatic carbocycles. The SMILES string of the molecule is CC(C)n1cnc2cc(-c3ccc4c(c3)N([C@H]3C[C@@H](N5CCC(C)(C)C5)C3)C(=O)C43CCN(C(=O)OC(C)(C)C)CC3)nc(Nc3ccc(F)nc3F)c21. The summed E-state index contributed by atoms with van der Waals surface area (Å²) in [6.07, 6.45) is 5.39. The van der Waals surface area contributed by atoms with Gasteiger partial charge in [-0.25, -0.2) is 14.8 Å². The highest BCUT2D eigenvalue weighted by atomic mass is 19.1. The molecule has 1 saturated carbocycles. The number of aromatic nitrogens is 4. The number of hydrogen-bond donors (Lipinski definition) is 1. The van der Waals surface area contributed by atoms with Crippen molar-refractivity contribution in [2.45, 2.75) is 110 Å². The molecule has 13 heteroatoms. The Balaban J connectivity index is 1.16. The topological polar surface area (TPSA) is 109 Å². The number of amides is 2. The summed E-state index contributed by atoms with van der Waals surface area (Å²) in [6.45, 7) is 17.3. The van der Waals surface area contributed by atoms with Crippen LogP contribution in [0, 0.1) is 17.3 Å². The van der Waals surface area contributed by atoms with Gasteiger partial charge in [0, 0.05) is 49.0 Å². The van der Waals surface area contributed by atoms with Crippen molar-refractivity contribution in [3.05, 3.63) is 60.2 Å². The van der Waals surface area contributed by atoms with E-state index in [2.05, 4.69) is 46.2 Å². The first kappa shape index (κ1) is 36.3. The molecule has 1 N–H and O–H groups in total. The molecule has 6 heterocycles. The number of hydrogen-bond acceptors (Lipinski definition) is 8. The molecule has 0 bridgehead atoms. The highest BCUT2D eigenvalue weighted by Gasteiger charge is 2.56. The van der Waals surface area contributed by atoms with Gasteiger partial charge in [-0.1, -0.05) is 26.0 Å². The number of nitrogens with one attached hydrogen (secondary N) is 1. The molecule has 4 aromatic rings. The van der Waals surface area contributed by atoms with E-state index < -0.39 is 22.9 Å². The second-order valence-corrected chi connectivity index (χ2v) is 17.7. The molecule has 0 atom stereocenters. The number of carbonyl (C=O) groups excluding carboxylic acids is 2. The van der Waals surface area contributed by atoms with Gasteiger partial charge in [-0.05, 0) is 109 Å². The van der Waals surface area contributed by atoms with E-state index in [9.17, 15) is 18.4 Å². The van der Waals surface area contributed by atoms with Crippen molar-refractivity contribution in [1.82, 2.24) is 29.3 Å². The fourth-order valence-electron chi connectivity index (χ4n) is 8.85. The Morgan fingerprint density at radius 3 is 2.37 bits per heavy atom. The van der Waals surface area contributed by atoms with Crippen LogP contribution in [0.15, 0.2) is 42.7 Å². The smallest absolute Gasteiger partial charge is 0.410 e. The summed E-state index contributed by atoms with van der Waals surface area (Å²) in [5.74, 6) is -1.43. The van der Waals surface area contributed by atoms with Crippen LogP contribution in [0.4, 0.5) is 30.8 Å². The summed E-state index contributed by atoms with van der Waals surface area (Å²) in [4.78, 5) is 47.3. The van der Waals surface area contributed by atoms with Crippen LogP contribution in [0.1, 0.15) is 92.2 Å². The molecule has 54 heavy (non-hydrogen) atoms. The second-order valence-electron chi connectivity index (χ2n) is 17.7. The fraction of sp³-hybridized carbons (Fsp3) is 0.537. The van der Waals surface area contributed by atoms with Gasteiger partial charge in [-0.2, -0.15) is 13.8 Å². The summed E-state index contributed by atoms with van der Waals surface area (Å²) < 4.78 is 36.2. The number of carbonyl (C=O) groups is 2. The first-order valence-electron chi connectivity index (χ1n) is 19.2. The standard InChI is InChI=1S/C41H50F2N8O3/c1-24(2)50-23-44-31-21-30(46-36(34(31)50)45-29-10-11-33(42)47-35(29)43)25-8-9-28-32(18-25)51(27-19-26(20-27)49-15-12-40(6,7)22-49)37(52)41(28)13-16-48(17-14-41)38(53)54-39(3,4)5/h8-11,18,21,23-24,26-27H,12-17,19-20,22H2,1-7H3,(H,45,46)/t26-,27+. The third-order valence-corrected chi connectivity index (χ3v) is 11.8. The van der Waals surface area contributed by atoms with Crippen LogP contribution in [0.5, 0.6) is 0 Å². The van der Waals surface area contributed by atoms with Gasteiger partial charge in [0.1, 0.15) is 11.1 Å². The van der Waals surface area contributed by atoms with Gasteiger partial charge in [0.05, 0.1) is 28.6 Å². The van der Waals surface area contributed by atoms with Crippen LogP contribution in [-0.4, -0.2) is 85.2 Å². The van der Waals surface area contributed by atoms with Crippen molar-refractivity contribution >= 4 is 40.2 Å². The number of pyridine rings is 2. The zero-order valence-corrected chi connectivity index (χ0v) is 32.2. The quantitative estimate of drug-likeness (QED) is 0.199. The molecule has 3 aromatic heterocycles. The Morgan fingerprint density at radius 2 is 1.72 bits per heavy atom. The van der Waals surface area contributed by atoms with Crippen LogP contribution in [-0.2, 0) is 14.9 Å². The first-order valence-corrected chi connectivity index (χ1v) is 19.2. The van der Waals surface area contributed by atoms with Crippen molar-refractivity contribution in [3.63, 3.8) is 0 Å². The van der Waals surface area contributed by atoms with Crippen molar-refractivity contribution in [2.24, 2.45) is 5.41 Å². The molecule has 2 saturated heterocycles. The fourth-order valence-corrected chi connectivity index (χ4v) is 8.85. The molecule has 3 aliphatic heterocycles. The lowest BCUT2D eigenvalue weighted by Gasteiger charge is -2.46. The molecule has 11 nitrogen and oxygen atoms in total. The summed E-state index contributed by atoms with van der Waals surface area (Å²) in [5, 5.41) is 3.06. The molecular formula is C41H50F2N8O3. The molecule has 2 amide bonds. The second kappa shape index (κ2) is 13.0. The lowest BCUT2D eigenvalue weighted by Crippen LogP contribution is -2.58. The number of halogens is 2. The molecule has 286 valence electrons. The Kier molecular flexibility index (Phi) is 8.74. The van der Waals surface area contributed by atoms with Crippen molar-refractivity contribution in [3.8, 4) is 11.3 Å². The molecule has 0 unspecified atom stereocenters. The largest absolute Gasteiger partial charge is 0.444 e. The molecular weight excluding hydrogens is 691 g/mol. The van der Waals surface area contributed by atoms with Gasteiger partial charge in [-0.3, -0.25) is 9.69 Å². The number of ether oxygens (including phenoxy) is 1. The number of nitrogens with zero attached hydrogens (tertiary/aromatic N) is 7. The third kappa shape index (κ3) is 6.37. The average molecular weight is 741 g/mol. The van der Waals surface area contributed by atoms with E-state index in [1.54, 1.807) is 11.2 Å². The number of anilines is 3. The molecule has 8 rings (SSSR count). The molecule has 3 fully saturated rings. The Labute approximate surface area is 315 Å². The van der Waals surface area contributed by atoms with E-state index >= 15 is 0 Å². The Hall–Kier alpha value is -4.65. The van der Waals surface area contributed by atoms with Crippen LogP contribution in [0.3, 0.4) is 0 Å². The Morgan fingerprint density at radius 1 is 0.981 bits per heavy atom. The van der Waals surface area contributed by atoms with Crippen molar-refractivity contribution in [2.75, 3.05) is 36.4 Å². The van der Waals surface area contributed by atoms with E-state index in [0.29, 0.717) is 59.9 Å². The van der Waals surface area contributed by atoms with Crippen molar-refractivity contribution < 1.29 is 23.1 Å². The number of rotatable bonds is 6. The van der Waals surface area contributed by atoms with Gasteiger partial charge in [0.15, 0.2) is 5.82 Å². The lowest BCUT2D eigenvalue weighted by atomic mass is 9.73. The van der Waals surface area contributed by atoms with Gasteiger partial charge >= 0.3 is 6.09 Å². The minimum absolute atomic E-state index is 0.00910. The number of fused-ring (bicyclic) bond motifs is 3. The maximum absolute atomic E-state index is 14.9. The summed E-state index contributed by atoms with van der Waals surface area (Å²) >= 11 is 0. The van der Waals surface area contributed by atoms with Gasteiger partial charge < -0.3 is 24.4 Å². The zero-order valence-electron chi connectivity index (χ0n) is 32.2. The average Bonchev–Trinajstić information content (AvgIpc) is 3.74. The predicted octanol–water partition coefficient (Wildman–Crippen LogP) is 7.97.